The van der Waals surface area contributed by atoms with E-state index in [-0.39, 0.29) is 30.2 Å². The molecule has 2 aliphatic rings. The molecule has 1 atom stereocenters. The molecule has 1 unspecified atom stereocenters. The fraction of sp³-hybridized carbons (Fsp3) is 0.395. The lowest BCUT2D eigenvalue weighted by molar-refractivity contribution is -0.134. The van der Waals surface area contributed by atoms with E-state index in [1.165, 1.54) is 0 Å². The number of fused-ring (bicyclic) bond motifs is 1. The van der Waals surface area contributed by atoms with Crippen LogP contribution in [0.5, 0.6) is 0 Å². The Kier molecular flexibility index (Phi) is 13.2. The molecule has 16 heteroatoms. The number of amides is 2. The van der Waals surface area contributed by atoms with E-state index < -0.39 is 5.92 Å². The number of aldehydes is 2. The van der Waals surface area contributed by atoms with Gasteiger partial charge in [-0.2, -0.15) is 10.1 Å². The molecule has 2 aliphatic heterocycles. The van der Waals surface area contributed by atoms with Crippen molar-refractivity contribution in [2.45, 2.75) is 37.6 Å². The molecule has 286 valence electrons. The molecule has 0 radical (unpaired) electrons. The fourth-order valence-corrected chi connectivity index (χ4v) is 6.79. The Bertz CT molecular complexity index is 2020. The summed E-state index contributed by atoms with van der Waals surface area (Å²) >= 11 is 6.54. The zero-order valence-corrected chi connectivity index (χ0v) is 32.2. The molecule has 0 spiro atoms. The van der Waals surface area contributed by atoms with Crippen molar-refractivity contribution in [1.82, 2.24) is 30.4 Å². The first-order valence-electron chi connectivity index (χ1n) is 17.7. The molecular formula is C38H47ClN10O5. The van der Waals surface area contributed by atoms with Gasteiger partial charge in [-0.3, -0.25) is 29.2 Å². The molecule has 2 aromatic carbocycles. The Morgan fingerprint density at radius 2 is 1.81 bits per heavy atom. The second-order valence-electron chi connectivity index (χ2n) is 13.3. The van der Waals surface area contributed by atoms with Crippen molar-refractivity contribution in [1.29, 1.82) is 0 Å². The first kappa shape index (κ1) is 39.7. The molecule has 0 aliphatic carbocycles. The molecule has 6 rings (SSSR count). The Morgan fingerprint density at radius 3 is 2.48 bits per heavy atom. The van der Waals surface area contributed by atoms with E-state index in [0.29, 0.717) is 59.1 Å². The van der Waals surface area contributed by atoms with Crippen molar-refractivity contribution in [3.8, 4) is 0 Å². The summed E-state index contributed by atoms with van der Waals surface area (Å²) in [5, 5.41) is 14.4. The van der Waals surface area contributed by atoms with Crippen LogP contribution in [0.15, 0.2) is 48.4 Å². The minimum absolute atomic E-state index is 0.0372. The largest absolute Gasteiger partial charge is 0.483 e. The van der Waals surface area contributed by atoms with Gasteiger partial charge in [-0.05, 0) is 75.8 Å². The number of carbonyl (C=O) groups excluding carboxylic acids is 4. The second kappa shape index (κ2) is 18.0. The van der Waals surface area contributed by atoms with Gasteiger partial charge in [0, 0.05) is 81.8 Å². The topological polar surface area (TPSA) is 167 Å². The highest BCUT2D eigenvalue weighted by molar-refractivity contribution is 6.32. The highest BCUT2D eigenvalue weighted by atomic mass is 35.5. The van der Waals surface area contributed by atoms with E-state index in [4.69, 9.17) is 21.3 Å². The molecule has 2 aromatic heterocycles. The summed E-state index contributed by atoms with van der Waals surface area (Å²) in [6.07, 6.45) is 6.84. The fourth-order valence-electron chi connectivity index (χ4n) is 6.65. The molecule has 4 heterocycles. The number of imide groups is 1. The Labute approximate surface area is 319 Å². The molecule has 4 aromatic rings. The highest BCUT2D eigenvalue weighted by Crippen LogP contribution is 2.34. The first-order chi connectivity index (χ1) is 26.0. The standard InChI is InChI=1S/C36H40ClN9O5.C2H7N/c1-43(2)30-9-5-23(17-22(30)18-26(21-48)51-16-15-47)39-34-29(37)20-38-36(41-34)46-13-11-24(12-14-46)44(3)25-6-7-27-31(19-25)45(4)42-33(27)28-8-10-32(49)40-35(28)50;1-3-2/h5-7,9,15,17-21,24,28H,8,10-14,16H2,1-4H3,(H,38,39,41)(H,40,49,50);3H,1-2H3/b26-18+;. The Balaban J connectivity index is 0.00000181. The summed E-state index contributed by atoms with van der Waals surface area (Å²) in [5.74, 6) is 0.0737. The Morgan fingerprint density at radius 1 is 1.07 bits per heavy atom. The van der Waals surface area contributed by atoms with Gasteiger partial charge in [-0.15, -0.1) is 0 Å². The average molecular weight is 759 g/mol. The van der Waals surface area contributed by atoms with Gasteiger partial charge in [0.1, 0.15) is 11.6 Å². The molecule has 0 saturated carbocycles. The third kappa shape index (κ3) is 9.15. The third-order valence-corrected chi connectivity index (χ3v) is 9.65. The number of hydrogen-bond donors (Lipinski definition) is 3. The molecular weight excluding hydrogens is 712 g/mol. The molecule has 2 fully saturated rings. The van der Waals surface area contributed by atoms with E-state index >= 15 is 0 Å². The summed E-state index contributed by atoms with van der Waals surface area (Å²) in [7, 11) is 11.5. The first-order valence-corrected chi connectivity index (χ1v) is 18.1. The summed E-state index contributed by atoms with van der Waals surface area (Å²) in [4.78, 5) is 62.2. The third-order valence-electron chi connectivity index (χ3n) is 9.37. The number of halogens is 1. The number of allylic oxidation sites excluding steroid dienone is 1. The van der Waals surface area contributed by atoms with E-state index in [1.54, 1.807) is 17.0 Å². The summed E-state index contributed by atoms with van der Waals surface area (Å²) in [6.45, 7) is 1.26. The van der Waals surface area contributed by atoms with Crippen molar-refractivity contribution in [3.63, 3.8) is 0 Å². The van der Waals surface area contributed by atoms with Gasteiger partial charge in [-0.25, -0.2) is 4.98 Å². The van der Waals surface area contributed by atoms with E-state index in [9.17, 15) is 19.2 Å². The van der Waals surface area contributed by atoms with E-state index in [1.807, 2.05) is 64.4 Å². The van der Waals surface area contributed by atoms with Crippen LogP contribution in [0.25, 0.3) is 17.0 Å². The SMILES string of the molecule is CN(C)c1ccc(Nc2nc(N3CCC(N(C)c4ccc5c(C6CCC(=O)NC6=O)nn(C)c5c4)CC3)ncc2Cl)cc1/C=C(\C=O)OCC=O.CNC. The van der Waals surface area contributed by atoms with Gasteiger partial charge in [0.2, 0.25) is 17.8 Å². The highest BCUT2D eigenvalue weighted by Gasteiger charge is 2.32. The number of carbonyl (C=O) groups is 4. The minimum Gasteiger partial charge on any atom is -0.483 e. The van der Waals surface area contributed by atoms with Crippen LogP contribution in [0, 0.1) is 0 Å². The number of aromatic nitrogens is 4. The number of ether oxygens (including phenoxy) is 1. The maximum Gasteiger partial charge on any atom is 0.235 e. The molecule has 2 amide bonds. The van der Waals surface area contributed by atoms with Crippen molar-refractivity contribution in [3.05, 3.63) is 64.6 Å². The second-order valence-corrected chi connectivity index (χ2v) is 13.8. The molecule has 54 heavy (non-hydrogen) atoms. The number of nitrogens with zero attached hydrogens (tertiary/aromatic N) is 7. The van der Waals surface area contributed by atoms with Crippen molar-refractivity contribution < 1.29 is 23.9 Å². The molecule has 3 N–H and O–H groups in total. The van der Waals surface area contributed by atoms with Crippen molar-refractivity contribution in [2.75, 3.05) is 75.0 Å². The summed E-state index contributed by atoms with van der Waals surface area (Å²) in [5.41, 5.74) is 4.92. The molecule has 2 saturated heterocycles. The normalized spacial score (nSPS) is 16.3. The van der Waals surface area contributed by atoms with Gasteiger partial charge < -0.3 is 30.1 Å². The summed E-state index contributed by atoms with van der Waals surface area (Å²) in [6, 6.07) is 12.1. The van der Waals surface area contributed by atoms with Crippen LogP contribution in [0.3, 0.4) is 0 Å². The minimum atomic E-state index is -0.444. The monoisotopic (exact) mass is 758 g/mol. The van der Waals surface area contributed by atoms with Crippen LogP contribution in [0.2, 0.25) is 5.02 Å². The smallest absolute Gasteiger partial charge is 0.235 e. The number of benzene rings is 2. The quantitative estimate of drug-likeness (QED) is 0.0821. The van der Waals surface area contributed by atoms with Crippen molar-refractivity contribution in [2.24, 2.45) is 7.05 Å². The van der Waals surface area contributed by atoms with Gasteiger partial charge in [0.15, 0.2) is 24.1 Å². The van der Waals surface area contributed by atoms with Gasteiger partial charge in [0.05, 0.1) is 23.3 Å². The molecule has 0 bridgehead atoms. The van der Waals surface area contributed by atoms with Crippen LogP contribution in [-0.2, 0) is 31.0 Å². The number of piperidine rings is 2. The van der Waals surface area contributed by atoms with E-state index in [2.05, 4.69) is 55.0 Å². The Hall–Kier alpha value is -5.54. The number of hydrogen-bond acceptors (Lipinski definition) is 13. The lowest BCUT2D eigenvalue weighted by Crippen LogP contribution is -2.44. The van der Waals surface area contributed by atoms with Gasteiger partial charge in [-0.1, -0.05) is 11.6 Å². The predicted molar refractivity (Wildman–Crippen MR) is 212 cm³/mol. The maximum atomic E-state index is 12.6. The number of aryl methyl sites for hydroxylation is 1. The average Bonchev–Trinajstić information content (AvgIpc) is 3.49. The summed E-state index contributed by atoms with van der Waals surface area (Å²) < 4.78 is 7.05. The molecule has 15 nitrogen and oxygen atoms in total. The number of nitrogens with one attached hydrogen (secondary N) is 3. The maximum absolute atomic E-state index is 12.6. The predicted octanol–water partition coefficient (Wildman–Crippen LogP) is 4.04. The zero-order chi connectivity index (χ0) is 38.9. The van der Waals surface area contributed by atoms with Gasteiger partial charge in [0.25, 0.3) is 0 Å². The zero-order valence-electron chi connectivity index (χ0n) is 31.4. The van der Waals surface area contributed by atoms with Crippen LogP contribution >= 0.6 is 11.6 Å². The van der Waals surface area contributed by atoms with Crippen LogP contribution in [0.1, 0.15) is 42.9 Å². The lowest BCUT2D eigenvalue weighted by atomic mass is 9.92. The van der Waals surface area contributed by atoms with Crippen LogP contribution in [-0.4, -0.2) is 105 Å². The number of rotatable bonds is 12. The van der Waals surface area contributed by atoms with E-state index in [0.717, 1.165) is 48.2 Å². The van der Waals surface area contributed by atoms with Crippen molar-refractivity contribution >= 4 is 81.8 Å². The van der Waals surface area contributed by atoms with Gasteiger partial charge >= 0.3 is 0 Å². The van der Waals surface area contributed by atoms with Crippen LogP contribution in [0.4, 0.5) is 28.8 Å². The van der Waals surface area contributed by atoms with Crippen LogP contribution < -0.4 is 30.7 Å². The number of anilines is 5. The lowest BCUT2D eigenvalue weighted by Gasteiger charge is -2.38.